The number of para-hydroxylation sites is 1. The second-order valence-electron chi connectivity index (χ2n) is 4.04. The standard InChI is InChI=1S/C14H15BrO2/c1-2-3-4-8-12(16)13-9-10-6-5-7-11(15)14(10)17-13/h2,5-7,9,12,16H,1,3-4,8H2. The third-order valence-corrected chi connectivity index (χ3v) is 3.35. The number of hydrogen-bond acceptors (Lipinski definition) is 2. The summed E-state index contributed by atoms with van der Waals surface area (Å²) in [6.45, 7) is 3.67. The van der Waals surface area contributed by atoms with Crippen molar-refractivity contribution in [1.82, 2.24) is 0 Å². The monoisotopic (exact) mass is 294 g/mol. The lowest BCUT2D eigenvalue weighted by atomic mass is 10.1. The van der Waals surface area contributed by atoms with Crippen molar-refractivity contribution in [3.63, 3.8) is 0 Å². The van der Waals surface area contributed by atoms with Crippen molar-refractivity contribution in [3.8, 4) is 0 Å². The number of unbranched alkanes of at least 4 members (excludes halogenated alkanes) is 1. The molecule has 0 amide bonds. The van der Waals surface area contributed by atoms with Gasteiger partial charge in [-0.25, -0.2) is 0 Å². The van der Waals surface area contributed by atoms with E-state index in [2.05, 4.69) is 22.5 Å². The van der Waals surface area contributed by atoms with Gasteiger partial charge >= 0.3 is 0 Å². The highest BCUT2D eigenvalue weighted by atomic mass is 79.9. The molecule has 1 unspecified atom stereocenters. The van der Waals surface area contributed by atoms with Crippen LogP contribution in [0.5, 0.6) is 0 Å². The molecule has 2 rings (SSSR count). The normalized spacial score (nSPS) is 12.8. The first-order valence-electron chi connectivity index (χ1n) is 5.69. The van der Waals surface area contributed by atoms with E-state index in [9.17, 15) is 5.11 Å². The summed E-state index contributed by atoms with van der Waals surface area (Å²) in [4.78, 5) is 0. The molecule has 3 heteroatoms. The van der Waals surface area contributed by atoms with Crippen LogP contribution in [0.4, 0.5) is 0 Å². The fraction of sp³-hybridized carbons (Fsp3) is 0.286. The van der Waals surface area contributed by atoms with Gasteiger partial charge in [-0.05, 0) is 47.3 Å². The van der Waals surface area contributed by atoms with E-state index < -0.39 is 6.10 Å². The van der Waals surface area contributed by atoms with Crippen molar-refractivity contribution in [1.29, 1.82) is 0 Å². The molecule has 1 aromatic heterocycles. The minimum absolute atomic E-state index is 0.533. The van der Waals surface area contributed by atoms with E-state index in [4.69, 9.17) is 4.42 Å². The molecule has 0 fully saturated rings. The van der Waals surface area contributed by atoms with Crippen LogP contribution in [-0.2, 0) is 0 Å². The Morgan fingerprint density at radius 3 is 3.00 bits per heavy atom. The third-order valence-electron chi connectivity index (χ3n) is 2.73. The number of allylic oxidation sites excluding steroid dienone is 1. The number of rotatable bonds is 5. The summed E-state index contributed by atoms with van der Waals surface area (Å²) >= 11 is 3.43. The average molecular weight is 295 g/mol. The number of aliphatic hydroxyl groups is 1. The minimum atomic E-state index is -0.533. The van der Waals surface area contributed by atoms with Gasteiger partial charge in [0.1, 0.15) is 17.4 Å². The Kier molecular flexibility index (Phi) is 4.02. The van der Waals surface area contributed by atoms with E-state index in [0.29, 0.717) is 12.2 Å². The van der Waals surface area contributed by atoms with Crippen LogP contribution in [0.15, 0.2) is 45.8 Å². The van der Waals surface area contributed by atoms with E-state index in [1.807, 2.05) is 30.3 Å². The molecule has 0 aliphatic heterocycles. The summed E-state index contributed by atoms with van der Waals surface area (Å²) in [5.74, 6) is 0.635. The summed E-state index contributed by atoms with van der Waals surface area (Å²) in [6.07, 6.45) is 3.86. The molecule has 0 bridgehead atoms. The fourth-order valence-corrected chi connectivity index (χ4v) is 2.27. The number of furan rings is 1. The first kappa shape index (κ1) is 12.4. The Hall–Kier alpha value is -1.06. The highest BCUT2D eigenvalue weighted by molar-refractivity contribution is 9.10. The van der Waals surface area contributed by atoms with Gasteiger partial charge in [0.25, 0.3) is 0 Å². The Balaban J connectivity index is 2.18. The SMILES string of the molecule is C=CCCCC(O)c1cc2cccc(Br)c2o1. The molecule has 1 N–H and O–H groups in total. The van der Waals surface area contributed by atoms with Crippen LogP contribution in [0.25, 0.3) is 11.0 Å². The minimum Gasteiger partial charge on any atom is -0.457 e. The predicted molar refractivity (Wildman–Crippen MR) is 72.9 cm³/mol. The van der Waals surface area contributed by atoms with Crippen LogP contribution in [0, 0.1) is 0 Å². The zero-order valence-electron chi connectivity index (χ0n) is 9.53. The van der Waals surface area contributed by atoms with E-state index >= 15 is 0 Å². The summed E-state index contributed by atoms with van der Waals surface area (Å²) in [6, 6.07) is 7.76. The lowest BCUT2D eigenvalue weighted by Gasteiger charge is -2.05. The predicted octanol–water partition coefficient (Wildman–Crippen LogP) is 4.59. The summed E-state index contributed by atoms with van der Waals surface area (Å²) in [5.41, 5.74) is 0.797. The van der Waals surface area contributed by atoms with Crippen LogP contribution >= 0.6 is 15.9 Å². The number of hydrogen-bond donors (Lipinski definition) is 1. The highest BCUT2D eigenvalue weighted by Gasteiger charge is 2.13. The topological polar surface area (TPSA) is 33.4 Å². The van der Waals surface area contributed by atoms with Gasteiger partial charge in [-0.15, -0.1) is 6.58 Å². The smallest absolute Gasteiger partial charge is 0.148 e. The average Bonchev–Trinajstić information content (AvgIpc) is 2.75. The molecule has 0 radical (unpaired) electrons. The van der Waals surface area contributed by atoms with Gasteiger partial charge in [0.2, 0.25) is 0 Å². The van der Waals surface area contributed by atoms with Gasteiger partial charge in [0, 0.05) is 5.39 Å². The van der Waals surface area contributed by atoms with E-state index in [0.717, 1.165) is 28.3 Å². The van der Waals surface area contributed by atoms with Gasteiger partial charge in [0.15, 0.2) is 0 Å². The van der Waals surface area contributed by atoms with Crippen molar-refractivity contribution in [2.75, 3.05) is 0 Å². The van der Waals surface area contributed by atoms with Crippen LogP contribution in [0.1, 0.15) is 31.1 Å². The molecule has 90 valence electrons. The Labute approximate surface area is 109 Å². The lowest BCUT2D eigenvalue weighted by Crippen LogP contribution is -1.94. The van der Waals surface area contributed by atoms with Crippen molar-refractivity contribution in [2.45, 2.75) is 25.4 Å². The highest BCUT2D eigenvalue weighted by Crippen LogP contribution is 2.31. The summed E-state index contributed by atoms with van der Waals surface area (Å²) < 4.78 is 6.58. The number of fused-ring (bicyclic) bond motifs is 1. The molecule has 0 aliphatic rings. The van der Waals surface area contributed by atoms with Crippen molar-refractivity contribution >= 4 is 26.9 Å². The molecular weight excluding hydrogens is 280 g/mol. The second kappa shape index (κ2) is 5.52. The summed E-state index contributed by atoms with van der Waals surface area (Å²) in [7, 11) is 0. The summed E-state index contributed by atoms with van der Waals surface area (Å²) in [5, 5.41) is 11.0. The lowest BCUT2D eigenvalue weighted by molar-refractivity contribution is 0.140. The molecule has 0 saturated heterocycles. The van der Waals surface area contributed by atoms with Crippen LogP contribution in [-0.4, -0.2) is 5.11 Å². The van der Waals surface area contributed by atoms with Gasteiger partial charge in [-0.1, -0.05) is 18.2 Å². The molecule has 0 saturated carbocycles. The molecular formula is C14H15BrO2. The van der Waals surface area contributed by atoms with Gasteiger partial charge < -0.3 is 9.52 Å². The van der Waals surface area contributed by atoms with Crippen molar-refractivity contribution in [2.24, 2.45) is 0 Å². The molecule has 17 heavy (non-hydrogen) atoms. The zero-order chi connectivity index (χ0) is 12.3. The Morgan fingerprint density at radius 2 is 2.29 bits per heavy atom. The first-order chi connectivity index (χ1) is 8.22. The van der Waals surface area contributed by atoms with Crippen LogP contribution in [0.3, 0.4) is 0 Å². The van der Waals surface area contributed by atoms with Gasteiger partial charge in [-0.2, -0.15) is 0 Å². The maximum atomic E-state index is 10.00. The maximum Gasteiger partial charge on any atom is 0.148 e. The molecule has 2 aromatic rings. The zero-order valence-corrected chi connectivity index (χ0v) is 11.1. The van der Waals surface area contributed by atoms with Crippen molar-refractivity contribution in [3.05, 3.63) is 47.2 Å². The van der Waals surface area contributed by atoms with E-state index in [1.54, 1.807) is 0 Å². The van der Waals surface area contributed by atoms with Gasteiger partial charge in [-0.3, -0.25) is 0 Å². The molecule has 1 aromatic carbocycles. The Bertz CT molecular complexity index is 516. The molecule has 0 spiro atoms. The largest absolute Gasteiger partial charge is 0.457 e. The molecule has 2 nitrogen and oxygen atoms in total. The third kappa shape index (κ3) is 2.79. The molecule has 1 atom stereocenters. The Morgan fingerprint density at radius 1 is 1.47 bits per heavy atom. The van der Waals surface area contributed by atoms with Crippen LogP contribution in [0.2, 0.25) is 0 Å². The number of benzene rings is 1. The molecule has 0 aliphatic carbocycles. The quantitative estimate of drug-likeness (QED) is 0.646. The maximum absolute atomic E-state index is 10.00. The van der Waals surface area contributed by atoms with Gasteiger partial charge in [0.05, 0.1) is 4.47 Å². The van der Waals surface area contributed by atoms with Crippen molar-refractivity contribution < 1.29 is 9.52 Å². The first-order valence-corrected chi connectivity index (χ1v) is 6.48. The van der Waals surface area contributed by atoms with E-state index in [-0.39, 0.29) is 0 Å². The fourth-order valence-electron chi connectivity index (χ4n) is 1.81. The van der Waals surface area contributed by atoms with E-state index in [1.165, 1.54) is 0 Å². The second-order valence-corrected chi connectivity index (χ2v) is 4.90. The number of halogens is 1. The number of aliphatic hydroxyl groups excluding tert-OH is 1. The van der Waals surface area contributed by atoms with Crippen LogP contribution < -0.4 is 0 Å². The molecule has 1 heterocycles.